The largest absolute Gasteiger partial charge is 0.312 e. The van der Waals surface area contributed by atoms with E-state index in [4.69, 9.17) is 0 Å². The van der Waals surface area contributed by atoms with Crippen LogP contribution >= 0.6 is 0 Å². The molecular weight excluding hydrogens is 248 g/mol. The van der Waals surface area contributed by atoms with Gasteiger partial charge in [0.15, 0.2) is 0 Å². The lowest BCUT2D eigenvalue weighted by Crippen LogP contribution is -2.42. The first-order chi connectivity index (χ1) is 9.76. The molecule has 1 heterocycles. The molecule has 2 aromatic rings. The Morgan fingerprint density at radius 1 is 1.15 bits per heavy atom. The normalized spacial score (nSPS) is 15.1. The Morgan fingerprint density at radius 2 is 1.90 bits per heavy atom. The van der Waals surface area contributed by atoms with Gasteiger partial charge in [-0.2, -0.15) is 0 Å². The van der Waals surface area contributed by atoms with E-state index >= 15 is 0 Å². The summed E-state index contributed by atoms with van der Waals surface area (Å²) in [6.07, 6.45) is 1.02. The van der Waals surface area contributed by atoms with Gasteiger partial charge in [-0.05, 0) is 30.5 Å². The number of hydrogen-bond donors (Lipinski definition) is 1. The van der Waals surface area contributed by atoms with Gasteiger partial charge < -0.3 is 10.2 Å². The van der Waals surface area contributed by atoms with E-state index in [0.29, 0.717) is 6.04 Å². The summed E-state index contributed by atoms with van der Waals surface area (Å²) in [5.41, 5.74) is 1.89. The summed E-state index contributed by atoms with van der Waals surface area (Å²) in [6, 6.07) is 12.5. The summed E-state index contributed by atoms with van der Waals surface area (Å²) in [5, 5.41) is 5.69. The maximum Gasteiger partial charge on any atom is 0.259 e. The van der Waals surface area contributed by atoms with Gasteiger partial charge in [0.25, 0.3) is 5.91 Å². The fourth-order valence-corrected chi connectivity index (χ4v) is 3.01. The summed E-state index contributed by atoms with van der Waals surface area (Å²) >= 11 is 0. The Labute approximate surface area is 119 Å². The third-order valence-electron chi connectivity index (χ3n) is 4.04. The number of nitrogens with one attached hydrogen (secondary N) is 1. The zero-order chi connectivity index (χ0) is 14.1. The molecule has 0 aromatic heterocycles. The molecule has 1 aliphatic rings. The zero-order valence-corrected chi connectivity index (χ0v) is 12.0. The molecular formula is C17H20N2O. The Bertz CT molecular complexity index is 645. The van der Waals surface area contributed by atoms with Gasteiger partial charge in [0, 0.05) is 23.5 Å². The van der Waals surface area contributed by atoms with E-state index in [2.05, 4.69) is 37.4 Å². The van der Waals surface area contributed by atoms with E-state index in [0.717, 1.165) is 41.5 Å². The number of amides is 1. The standard InChI is InChI=1S/C17H20N2O/c1-3-13(18-4-2)11-19-15-10-6-8-12-7-5-9-14(16(12)15)17(19)20/h5-10,13,18H,3-4,11H2,1-2H3. The predicted molar refractivity (Wildman–Crippen MR) is 83.4 cm³/mol. The van der Waals surface area contributed by atoms with Gasteiger partial charge in [-0.25, -0.2) is 0 Å². The lowest BCUT2D eigenvalue weighted by atomic mass is 10.1. The van der Waals surface area contributed by atoms with Crippen LogP contribution < -0.4 is 10.2 Å². The van der Waals surface area contributed by atoms with Gasteiger partial charge >= 0.3 is 0 Å². The molecule has 3 nitrogen and oxygen atoms in total. The highest BCUT2D eigenvalue weighted by atomic mass is 16.2. The first-order valence-electron chi connectivity index (χ1n) is 7.33. The molecule has 3 rings (SSSR count). The van der Waals surface area contributed by atoms with Crippen molar-refractivity contribution in [2.75, 3.05) is 18.0 Å². The first kappa shape index (κ1) is 13.1. The molecule has 0 spiro atoms. The molecule has 3 heteroatoms. The average Bonchev–Trinajstić information content (AvgIpc) is 2.75. The van der Waals surface area contributed by atoms with Crippen LogP contribution in [0.2, 0.25) is 0 Å². The monoisotopic (exact) mass is 268 g/mol. The molecule has 0 fully saturated rings. The van der Waals surface area contributed by atoms with Crippen LogP contribution in [0.3, 0.4) is 0 Å². The number of anilines is 1. The minimum atomic E-state index is 0.133. The number of carbonyl (C=O) groups is 1. The van der Waals surface area contributed by atoms with Crippen molar-refractivity contribution in [1.29, 1.82) is 0 Å². The van der Waals surface area contributed by atoms with Crippen LogP contribution in [0.4, 0.5) is 5.69 Å². The second-order valence-electron chi connectivity index (χ2n) is 5.26. The Hall–Kier alpha value is -1.87. The van der Waals surface area contributed by atoms with E-state index < -0.39 is 0 Å². The van der Waals surface area contributed by atoms with E-state index in [9.17, 15) is 4.79 Å². The number of benzene rings is 2. The molecule has 0 saturated carbocycles. The lowest BCUT2D eigenvalue weighted by molar-refractivity contribution is 0.0990. The average molecular weight is 268 g/mol. The van der Waals surface area contributed by atoms with Crippen molar-refractivity contribution in [3.8, 4) is 0 Å². The summed E-state index contributed by atoms with van der Waals surface area (Å²) in [7, 11) is 0. The fourth-order valence-electron chi connectivity index (χ4n) is 3.01. The molecule has 0 saturated heterocycles. The SMILES string of the molecule is CCNC(CC)CN1C(=O)c2cccc3cccc1c23. The van der Waals surface area contributed by atoms with Crippen molar-refractivity contribution in [1.82, 2.24) is 5.32 Å². The molecule has 0 bridgehead atoms. The minimum Gasteiger partial charge on any atom is -0.312 e. The molecule has 0 aliphatic carbocycles. The molecule has 1 unspecified atom stereocenters. The molecule has 20 heavy (non-hydrogen) atoms. The molecule has 1 N–H and O–H groups in total. The van der Waals surface area contributed by atoms with Gasteiger partial charge in [0.1, 0.15) is 0 Å². The molecule has 1 amide bonds. The smallest absolute Gasteiger partial charge is 0.259 e. The van der Waals surface area contributed by atoms with E-state index in [1.807, 2.05) is 23.1 Å². The van der Waals surface area contributed by atoms with E-state index in [1.54, 1.807) is 0 Å². The van der Waals surface area contributed by atoms with Gasteiger partial charge in [-0.3, -0.25) is 4.79 Å². The van der Waals surface area contributed by atoms with Crippen LogP contribution in [0.1, 0.15) is 30.6 Å². The zero-order valence-electron chi connectivity index (χ0n) is 12.0. The van der Waals surface area contributed by atoms with Crippen LogP contribution in [0.15, 0.2) is 36.4 Å². The second kappa shape index (κ2) is 5.25. The number of likely N-dealkylation sites (N-methyl/N-ethyl adjacent to an activating group) is 1. The van der Waals surface area contributed by atoms with Gasteiger partial charge in [0.05, 0.1) is 5.69 Å². The van der Waals surface area contributed by atoms with Crippen molar-refractivity contribution in [2.45, 2.75) is 26.3 Å². The second-order valence-corrected chi connectivity index (χ2v) is 5.26. The fraction of sp³-hybridized carbons (Fsp3) is 0.353. The molecule has 0 radical (unpaired) electrons. The van der Waals surface area contributed by atoms with Crippen LogP contribution in [0, 0.1) is 0 Å². The third kappa shape index (κ3) is 1.98. The maximum atomic E-state index is 12.6. The topological polar surface area (TPSA) is 32.3 Å². The number of carbonyl (C=O) groups excluding carboxylic acids is 1. The highest BCUT2D eigenvalue weighted by molar-refractivity contribution is 6.25. The summed E-state index contributed by atoms with van der Waals surface area (Å²) in [5.74, 6) is 0.133. The summed E-state index contributed by atoms with van der Waals surface area (Å²) < 4.78 is 0. The van der Waals surface area contributed by atoms with Gasteiger partial charge in [-0.15, -0.1) is 0 Å². The quantitative estimate of drug-likeness (QED) is 0.903. The highest BCUT2D eigenvalue weighted by Crippen LogP contribution is 2.37. The van der Waals surface area contributed by atoms with E-state index in [1.165, 1.54) is 0 Å². The van der Waals surface area contributed by atoms with Crippen LogP contribution in [0.5, 0.6) is 0 Å². The van der Waals surface area contributed by atoms with Crippen LogP contribution in [-0.2, 0) is 0 Å². The van der Waals surface area contributed by atoms with Crippen molar-refractivity contribution in [3.63, 3.8) is 0 Å². The summed E-state index contributed by atoms with van der Waals surface area (Å²) in [4.78, 5) is 14.6. The lowest BCUT2D eigenvalue weighted by Gasteiger charge is -2.24. The number of nitrogens with zero attached hydrogens (tertiary/aromatic N) is 1. The van der Waals surface area contributed by atoms with Crippen molar-refractivity contribution < 1.29 is 4.79 Å². The van der Waals surface area contributed by atoms with Gasteiger partial charge in [0.2, 0.25) is 0 Å². The highest BCUT2D eigenvalue weighted by Gasteiger charge is 2.30. The molecule has 2 aromatic carbocycles. The minimum absolute atomic E-state index is 0.133. The molecule has 104 valence electrons. The first-order valence-corrected chi connectivity index (χ1v) is 7.33. The van der Waals surface area contributed by atoms with Crippen molar-refractivity contribution in [3.05, 3.63) is 42.0 Å². The Balaban J connectivity index is 2.00. The van der Waals surface area contributed by atoms with E-state index in [-0.39, 0.29) is 5.91 Å². The molecule has 1 aliphatic heterocycles. The number of hydrogen-bond acceptors (Lipinski definition) is 2. The van der Waals surface area contributed by atoms with Gasteiger partial charge in [-0.1, -0.05) is 38.1 Å². The van der Waals surface area contributed by atoms with Crippen LogP contribution in [-0.4, -0.2) is 25.0 Å². The number of rotatable bonds is 5. The molecule has 1 atom stereocenters. The Kier molecular flexibility index (Phi) is 3.45. The maximum absolute atomic E-state index is 12.6. The Morgan fingerprint density at radius 3 is 2.60 bits per heavy atom. The van der Waals surface area contributed by atoms with Crippen LogP contribution in [0.25, 0.3) is 10.8 Å². The third-order valence-corrected chi connectivity index (χ3v) is 4.04. The van der Waals surface area contributed by atoms with Crippen molar-refractivity contribution >= 4 is 22.4 Å². The van der Waals surface area contributed by atoms with Crippen molar-refractivity contribution in [2.24, 2.45) is 0 Å². The predicted octanol–water partition coefficient (Wildman–Crippen LogP) is 3.19. The summed E-state index contributed by atoms with van der Waals surface area (Å²) in [6.45, 7) is 5.92.